The first-order chi connectivity index (χ1) is 9.34. The van der Waals surface area contributed by atoms with E-state index in [1.54, 1.807) is 13.8 Å². The Balaban J connectivity index is 3.26. The van der Waals surface area contributed by atoms with E-state index in [9.17, 15) is 18.5 Å². The Labute approximate surface area is 118 Å². The van der Waals surface area contributed by atoms with E-state index in [-0.39, 0.29) is 30.3 Å². The Morgan fingerprint density at radius 3 is 2.55 bits per heavy atom. The zero-order valence-corrected chi connectivity index (χ0v) is 12.3. The summed E-state index contributed by atoms with van der Waals surface area (Å²) >= 11 is 0. The molecule has 0 saturated heterocycles. The maximum Gasteiger partial charge on any atom is 0.270 e. The van der Waals surface area contributed by atoms with Gasteiger partial charge in [-0.15, -0.1) is 0 Å². The van der Waals surface area contributed by atoms with Gasteiger partial charge in [-0.1, -0.05) is 13.0 Å². The van der Waals surface area contributed by atoms with Crippen LogP contribution in [-0.2, 0) is 10.0 Å². The average Bonchev–Trinajstić information content (AvgIpc) is 2.39. The van der Waals surface area contributed by atoms with Crippen LogP contribution >= 0.6 is 0 Å². The minimum absolute atomic E-state index is 0.0634. The molecule has 7 nitrogen and oxygen atoms in total. The molecule has 0 unspecified atom stereocenters. The molecule has 112 valence electrons. The first-order valence-electron chi connectivity index (χ1n) is 6.20. The number of nitro benzene ring substituents is 1. The van der Waals surface area contributed by atoms with Gasteiger partial charge < -0.3 is 5.11 Å². The van der Waals surface area contributed by atoms with Gasteiger partial charge in [0.2, 0.25) is 10.0 Å². The van der Waals surface area contributed by atoms with E-state index in [0.29, 0.717) is 12.0 Å². The lowest BCUT2D eigenvalue weighted by molar-refractivity contribution is -0.385. The van der Waals surface area contributed by atoms with E-state index < -0.39 is 14.9 Å². The summed E-state index contributed by atoms with van der Waals surface area (Å²) in [4.78, 5) is 10.1. The second kappa shape index (κ2) is 6.78. The van der Waals surface area contributed by atoms with Gasteiger partial charge in [-0.2, -0.15) is 4.31 Å². The van der Waals surface area contributed by atoms with Crippen molar-refractivity contribution in [2.24, 2.45) is 0 Å². The molecule has 0 aliphatic carbocycles. The highest BCUT2D eigenvalue weighted by Crippen LogP contribution is 2.24. The summed E-state index contributed by atoms with van der Waals surface area (Å²) in [7, 11) is -3.79. The van der Waals surface area contributed by atoms with Crippen LogP contribution in [-0.4, -0.2) is 42.4 Å². The van der Waals surface area contributed by atoms with E-state index >= 15 is 0 Å². The number of sulfonamides is 1. The molecule has 1 aromatic carbocycles. The van der Waals surface area contributed by atoms with Crippen LogP contribution in [0.5, 0.6) is 0 Å². The number of aliphatic hydroxyl groups is 1. The van der Waals surface area contributed by atoms with Crippen molar-refractivity contribution in [3.8, 4) is 0 Å². The van der Waals surface area contributed by atoms with E-state index in [0.717, 1.165) is 6.07 Å². The molecule has 8 heteroatoms. The molecule has 0 atom stereocenters. The molecular formula is C12H18N2O5S. The maximum atomic E-state index is 12.5. The largest absolute Gasteiger partial charge is 0.396 e. The van der Waals surface area contributed by atoms with Gasteiger partial charge in [-0.25, -0.2) is 8.42 Å². The molecule has 0 saturated carbocycles. The number of rotatable bonds is 7. The van der Waals surface area contributed by atoms with Gasteiger partial charge in [-0.05, 0) is 18.9 Å². The van der Waals surface area contributed by atoms with Crippen LogP contribution in [0.15, 0.2) is 23.1 Å². The summed E-state index contributed by atoms with van der Waals surface area (Å²) < 4.78 is 26.2. The van der Waals surface area contributed by atoms with E-state index in [2.05, 4.69) is 0 Å². The summed E-state index contributed by atoms with van der Waals surface area (Å²) in [6, 6.07) is 3.77. The zero-order valence-electron chi connectivity index (χ0n) is 11.4. The van der Waals surface area contributed by atoms with Crippen molar-refractivity contribution in [2.45, 2.75) is 25.2 Å². The normalized spacial score (nSPS) is 11.8. The second-order valence-corrected chi connectivity index (χ2v) is 6.19. The molecule has 1 rings (SSSR count). The Hall–Kier alpha value is -1.51. The van der Waals surface area contributed by atoms with Crippen molar-refractivity contribution in [3.63, 3.8) is 0 Å². The summed E-state index contributed by atoms with van der Waals surface area (Å²) in [6.45, 7) is 3.58. The fourth-order valence-corrected chi connectivity index (χ4v) is 3.55. The fourth-order valence-electron chi connectivity index (χ4n) is 1.81. The Kier molecular flexibility index (Phi) is 5.61. The predicted molar refractivity (Wildman–Crippen MR) is 74.0 cm³/mol. The zero-order chi connectivity index (χ0) is 15.3. The molecule has 0 amide bonds. The van der Waals surface area contributed by atoms with E-state index in [1.165, 1.54) is 16.4 Å². The lowest BCUT2D eigenvalue weighted by Gasteiger charge is -2.21. The summed E-state index contributed by atoms with van der Waals surface area (Å²) in [5.74, 6) is 0. The molecule has 0 heterocycles. The number of aryl methyl sites for hydroxylation is 1. The lowest BCUT2D eigenvalue weighted by atomic mass is 10.2. The second-order valence-electron chi connectivity index (χ2n) is 4.28. The van der Waals surface area contributed by atoms with Crippen LogP contribution in [0.25, 0.3) is 0 Å². The van der Waals surface area contributed by atoms with Crippen LogP contribution in [0.3, 0.4) is 0 Å². The van der Waals surface area contributed by atoms with E-state index in [4.69, 9.17) is 5.11 Å². The topological polar surface area (TPSA) is 101 Å². The van der Waals surface area contributed by atoms with Crippen molar-refractivity contribution < 1.29 is 18.4 Å². The third-order valence-corrected chi connectivity index (χ3v) is 5.03. The molecule has 0 aliphatic heterocycles. The predicted octanol–water partition coefficient (Wildman–Crippen LogP) is 1.30. The number of nitro groups is 1. The standard InChI is InChI=1S/C12H18N2O5S/c1-3-13(7-4-8-15)20(18,19)12-9-11(14(16)17)6-5-10(12)2/h5-6,9,15H,3-4,7-8H2,1-2H3. The van der Waals surface area contributed by atoms with Gasteiger partial charge >= 0.3 is 0 Å². The number of aliphatic hydroxyl groups excluding tert-OH is 1. The molecule has 0 aliphatic rings. The molecule has 1 N–H and O–H groups in total. The smallest absolute Gasteiger partial charge is 0.270 e. The van der Waals surface area contributed by atoms with Crippen molar-refractivity contribution >= 4 is 15.7 Å². The Bertz CT molecular complexity index is 586. The van der Waals surface area contributed by atoms with Gasteiger partial charge in [0.1, 0.15) is 0 Å². The summed E-state index contributed by atoms with van der Waals surface area (Å²) in [5, 5.41) is 19.6. The highest BCUT2D eigenvalue weighted by Gasteiger charge is 2.26. The van der Waals surface area contributed by atoms with Crippen molar-refractivity contribution in [3.05, 3.63) is 33.9 Å². The minimum atomic E-state index is -3.79. The number of non-ortho nitro benzene ring substituents is 1. The van der Waals surface area contributed by atoms with Gasteiger partial charge in [0.15, 0.2) is 0 Å². The molecule has 0 fully saturated rings. The van der Waals surface area contributed by atoms with E-state index in [1.807, 2.05) is 0 Å². The van der Waals surface area contributed by atoms with Crippen molar-refractivity contribution in [1.29, 1.82) is 0 Å². The van der Waals surface area contributed by atoms with Crippen LogP contribution < -0.4 is 0 Å². The van der Waals surface area contributed by atoms with Crippen LogP contribution in [0.2, 0.25) is 0 Å². The first-order valence-corrected chi connectivity index (χ1v) is 7.64. The lowest BCUT2D eigenvalue weighted by Crippen LogP contribution is -2.32. The Morgan fingerprint density at radius 1 is 1.40 bits per heavy atom. The highest BCUT2D eigenvalue weighted by atomic mass is 32.2. The highest BCUT2D eigenvalue weighted by molar-refractivity contribution is 7.89. The van der Waals surface area contributed by atoms with Crippen LogP contribution in [0.1, 0.15) is 18.9 Å². The SMILES string of the molecule is CCN(CCCO)S(=O)(=O)c1cc([N+](=O)[O-])ccc1C. The molecular weight excluding hydrogens is 284 g/mol. The van der Waals surface area contributed by atoms with Gasteiger partial charge in [0, 0.05) is 31.8 Å². The number of hydrogen-bond donors (Lipinski definition) is 1. The monoisotopic (exact) mass is 302 g/mol. The molecule has 1 aromatic rings. The number of benzene rings is 1. The minimum Gasteiger partial charge on any atom is -0.396 e. The third kappa shape index (κ3) is 3.53. The number of nitrogens with zero attached hydrogens (tertiary/aromatic N) is 2. The molecule has 0 spiro atoms. The summed E-state index contributed by atoms with van der Waals surface area (Å²) in [6.07, 6.45) is 0.320. The van der Waals surface area contributed by atoms with Crippen LogP contribution in [0.4, 0.5) is 5.69 Å². The maximum absolute atomic E-state index is 12.5. The van der Waals surface area contributed by atoms with Crippen molar-refractivity contribution in [2.75, 3.05) is 19.7 Å². The summed E-state index contributed by atoms with van der Waals surface area (Å²) in [5.41, 5.74) is 0.199. The van der Waals surface area contributed by atoms with Gasteiger partial charge in [0.25, 0.3) is 5.69 Å². The van der Waals surface area contributed by atoms with Crippen molar-refractivity contribution in [1.82, 2.24) is 4.31 Å². The quantitative estimate of drug-likeness (QED) is 0.604. The Morgan fingerprint density at radius 2 is 2.05 bits per heavy atom. The number of hydrogen-bond acceptors (Lipinski definition) is 5. The molecule has 0 bridgehead atoms. The van der Waals surface area contributed by atoms with Gasteiger partial charge in [0.05, 0.1) is 9.82 Å². The fraction of sp³-hybridized carbons (Fsp3) is 0.500. The molecule has 0 aromatic heterocycles. The molecule has 20 heavy (non-hydrogen) atoms. The van der Waals surface area contributed by atoms with Crippen LogP contribution in [0, 0.1) is 17.0 Å². The molecule has 0 radical (unpaired) electrons. The van der Waals surface area contributed by atoms with Gasteiger partial charge in [-0.3, -0.25) is 10.1 Å². The average molecular weight is 302 g/mol. The first kappa shape index (κ1) is 16.5. The third-order valence-electron chi connectivity index (χ3n) is 2.92.